The third-order valence-electron chi connectivity index (χ3n) is 3.90. The van der Waals surface area contributed by atoms with Crippen molar-refractivity contribution in [2.24, 2.45) is 0 Å². The highest BCUT2D eigenvalue weighted by Crippen LogP contribution is 2.30. The van der Waals surface area contributed by atoms with E-state index in [0.717, 1.165) is 45.4 Å². The van der Waals surface area contributed by atoms with Gasteiger partial charge in [0, 0.05) is 26.1 Å². The summed E-state index contributed by atoms with van der Waals surface area (Å²) in [7, 11) is 0. The van der Waals surface area contributed by atoms with Crippen LogP contribution in [0.5, 0.6) is 0 Å². The van der Waals surface area contributed by atoms with Crippen LogP contribution < -0.4 is 0 Å². The van der Waals surface area contributed by atoms with E-state index in [1.54, 1.807) is 0 Å². The zero-order valence-electron chi connectivity index (χ0n) is 10.2. The zero-order valence-corrected chi connectivity index (χ0v) is 10.2. The average molecular weight is 240 g/mol. The van der Waals surface area contributed by atoms with Gasteiger partial charge in [0.05, 0.1) is 26.3 Å². The number of carbonyl (C=O) groups is 1. The summed E-state index contributed by atoms with van der Waals surface area (Å²) in [6.45, 7) is 5.41. The maximum absolute atomic E-state index is 12.0. The molecule has 3 fully saturated rings. The van der Waals surface area contributed by atoms with Gasteiger partial charge in [-0.3, -0.25) is 9.69 Å². The number of hydrogen-bond donors (Lipinski definition) is 0. The molecule has 3 heterocycles. The number of ether oxygens (including phenoxy) is 2. The molecular weight excluding hydrogens is 220 g/mol. The average Bonchev–Trinajstić information content (AvgIpc) is 3.04. The van der Waals surface area contributed by atoms with Gasteiger partial charge < -0.3 is 14.4 Å². The van der Waals surface area contributed by atoms with Gasteiger partial charge in [-0.15, -0.1) is 0 Å². The quantitative estimate of drug-likeness (QED) is 0.684. The van der Waals surface area contributed by atoms with Crippen LogP contribution in [-0.2, 0) is 14.3 Å². The molecule has 1 spiro atoms. The van der Waals surface area contributed by atoms with Gasteiger partial charge in [0.15, 0.2) is 5.79 Å². The van der Waals surface area contributed by atoms with Crippen molar-refractivity contribution in [1.82, 2.24) is 9.80 Å². The first kappa shape index (κ1) is 11.4. The molecule has 5 heteroatoms. The summed E-state index contributed by atoms with van der Waals surface area (Å²) < 4.78 is 11.3. The molecule has 17 heavy (non-hydrogen) atoms. The molecule has 3 aliphatic rings. The largest absolute Gasteiger partial charge is 0.346 e. The van der Waals surface area contributed by atoms with Gasteiger partial charge in [0.2, 0.25) is 5.91 Å². The van der Waals surface area contributed by atoms with Crippen LogP contribution >= 0.6 is 0 Å². The predicted octanol–water partition coefficient (Wildman–Crippen LogP) is 0.0576. The molecule has 1 amide bonds. The Morgan fingerprint density at radius 2 is 1.82 bits per heavy atom. The van der Waals surface area contributed by atoms with Crippen LogP contribution in [0.2, 0.25) is 0 Å². The van der Waals surface area contributed by atoms with Gasteiger partial charge in [-0.25, -0.2) is 0 Å². The SMILES string of the molecule is O=C(CN1CCC2(C1)OCCO2)N1CCCC1. The number of likely N-dealkylation sites (tertiary alicyclic amines) is 2. The second-order valence-electron chi connectivity index (χ2n) is 5.16. The number of nitrogens with zero attached hydrogens (tertiary/aromatic N) is 2. The third kappa shape index (κ3) is 2.32. The molecule has 0 bridgehead atoms. The van der Waals surface area contributed by atoms with E-state index in [0.29, 0.717) is 19.8 Å². The molecule has 0 unspecified atom stereocenters. The van der Waals surface area contributed by atoms with E-state index in [4.69, 9.17) is 9.47 Å². The Morgan fingerprint density at radius 3 is 2.53 bits per heavy atom. The second kappa shape index (κ2) is 4.55. The molecule has 3 saturated heterocycles. The number of amides is 1. The molecule has 3 aliphatic heterocycles. The Kier molecular flexibility index (Phi) is 3.06. The predicted molar refractivity (Wildman–Crippen MR) is 61.5 cm³/mol. The summed E-state index contributed by atoms with van der Waals surface area (Å²) in [5, 5.41) is 0. The summed E-state index contributed by atoms with van der Waals surface area (Å²) in [5.74, 6) is -0.136. The van der Waals surface area contributed by atoms with Gasteiger partial charge in [-0.1, -0.05) is 0 Å². The topological polar surface area (TPSA) is 42.0 Å². The van der Waals surface area contributed by atoms with Crippen molar-refractivity contribution in [1.29, 1.82) is 0 Å². The number of rotatable bonds is 2. The fourth-order valence-electron chi connectivity index (χ4n) is 2.95. The molecule has 0 saturated carbocycles. The maximum atomic E-state index is 12.0. The smallest absolute Gasteiger partial charge is 0.236 e. The minimum absolute atomic E-state index is 0.262. The highest BCUT2D eigenvalue weighted by atomic mass is 16.7. The van der Waals surface area contributed by atoms with E-state index >= 15 is 0 Å². The Hall–Kier alpha value is -0.650. The summed E-state index contributed by atoms with van der Waals surface area (Å²) in [5.41, 5.74) is 0. The Labute approximate surface area is 102 Å². The van der Waals surface area contributed by atoms with Crippen molar-refractivity contribution in [2.45, 2.75) is 25.0 Å². The molecule has 96 valence electrons. The van der Waals surface area contributed by atoms with Crippen LogP contribution in [0.4, 0.5) is 0 Å². The lowest BCUT2D eigenvalue weighted by atomic mass is 10.2. The molecular formula is C12H20N2O3. The van der Waals surface area contributed by atoms with Gasteiger partial charge in [0.1, 0.15) is 0 Å². The summed E-state index contributed by atoms with van der Waals surface area (Å²) in [4.78, 5) is 16.1. The first-order chi connectivity index (χ1) is 8.27. The second-order valence-corrected chi connectivity index (χ2v) is 5.16. The van der Waals surface area contributed by atoms with Crippen molar-refractivity contribution in [3.05, 3.63) is 0 Å². The molecule has 0 radical (unpaired) electrons. The molecule has 0 aliphatic carbocycles. The van der Waals surface area contributed by atoms with E-state index in [2.05, 4.69) is 4.90 Å². The molecule has 0 aromatic heterocycles. The normalized spacial score (nSPS) is 28.4. The minimum atomic E-state index is -0.398. The first-order valence-electron chi connectivity index (χ1n) is 6.56. The van der Waals surface area contributed by atoms with E-state index in [9.17, 15) is 4.79 Å². The van der Waals surface area contributed by atoms with Crippen LogP contribution in [0.25, 0.3) is 0 Å². The van der Waals surface area contributed by atoms with Gasteiger partial charge in [0.25, 0.3) is 0 Å². The van der Waals surface area contributed by atoms with Crippen molar-refractivity contribution < 1.29 is 14.3 Å². The summed E-state index contributed by atoms with van der Waals surface area (Å²) >= 11 is 0. The van der Waals surface area contributed by atoms with Crippen molar-refractivity contribution in [3.8, 4) is 0 Å². The summed E-state index contributed by atoms with van der Waals surface area (Å²) in [6, 6.07) is 0. The lowest BCUT2D eigenvalue weighted by Gasteiger charge is -2.23. The van der Waals surface area contributed by atoms with Crippen LogP contribution in [-0.4, -0.2) is 67.4 Å². The summed E-state index contributed by atoms with van der Waals surface area (Å²) in [6.07, 6.45) is 3.20. The van der Waals surface area contributed by atoms with Gasteiger partial charge >= 0.3 is 0 Å². The Morgan fingerprint density at radius 1 is 1.12 bits per heavy atom. The van der Waals surface area contributed by atoms with Crippen molar-refractivity contribution in [2.75, 3.05) is 45.9 Å². The lowest BCUT2D eigenvalue weighted by Crippen LogP contribution is -2.40. The fourth-order valence-corrected chi connectivity index (χ4v) is 2.95. The number of hydrogen-bond acceptors (Lipinski definition) is 4. The first-order valence-corrected chi connectivity index (χ1v) is 6.56. The van der Waals surface area contributed by atoms with Crippen LogP contribution in [0.3, 0.4) is 0 Å². The van der Waals surface area contributed by atoms with E-state index in [1.165, 1.54) is 0 Å². The molecule has 3 rings (SSSR count). The maximum Gasteiger partial charge on any atom is 0.236 e. The highest BCUT2D eigenvalue weighted by Gasteiger charge is 2.43. The van der Waals surface area contributed by atoms with Crippen molar-refractivity contribution >= 4 is 5.91 Å². The lowest BCUT2D eigenvalue weighted by molar-refractivity contribution is -0.147. The Balaban J connectivity index is 1.51. The van der Waals surface area contributed by atoms with Crippen LogP contribution in [0, 0.1) is 0 Å². The molecule has 0 N–H and O–H groups in total. The van der Waals surface area contributed by atoms with Gasteiger partial charge in [-0.05, 0) is 12.8 Å². The molecule has 0 aromatic rings. The standard InChI is InChI=1S/C12H20N2O3/c15-11(14-4-1-2-5-14)9-13-6-3-12(10-13)16-7-8-17-12/h1-10H2. The monoisotopic (exact) mass is 240 g/mol. The molecule has 0 aromatic carbocycles. The fraction of sp³-hybridized carbons (Fsp3) is 0.917. The zero-order chi connectivity index (χ0) is 11.7. The number of carbonyl (C=O) groups excluding carboxylic acids is 1. The van der Waals surface area contributed by atoms with Crippen LogP contribution in [0.1, 0.15) is 19.3 Å². The molecule has 0 atom stereocenters. The van der Waals surface area contributed by atoms with E-state index in [1.807, 2.05) is 4.90 Å². The van der Waals surface area contributed by atoms with Crippen molar-refractivity contribution in [3.63, 3.8) is 0 Å². The minimum Gasteiger partial charge on any atom is -0.346 e. The highest BCUT2D eigenvalue weighted by molar-refractivity contribution is 5.78. The Bertz CT molecular complexity index is 296. The van der Waals surface area contributed by atoms with E-state index < -0.39 is 5.79 Å². The molecule has 5 nitrogen and oxygen atoms in total. The van der Waals surface area contributed by atoms with Gasteiger partial charge in [-0.2, -0.15) is 0 Å². The van der Waals surface area contributed by atoms with Crippen LogP contribution in [0.15, 0.2) is 0 Å². The van der Waals surface area contributed by atoms with E-state index in [-0.39, 0.29) is 5.91 Å². The third-order valence-corrected chi connectivity index (χ3v) is 3.90.